The molecule has 1 saturated carbocycles. The van der Waals surface area contributed by atoms with Gasteiger partial charge in [-0.3, -0.25) is 4.79 Å². The average Bonchev–Trinajstić information content (AvgIpc) is 2.35. The first-order chi connectivity index (χ1) is 9.05. The van der Waals surface area contributed by atoms with Gasteiger partial charge in [-0.25, -0.2) is 0 Å². The third-order valence-corrected chi connectivity index (χ3v) is 3.91. The quantitative estimate of drug-likeness (QED) is 0.826. The van der Waals surface area contributed by atoms with Crippen molar-refractivity contribution in [2.45, 2.75) is 39.0 Å². The van der Waals surface area contributed by atoms with Gasteiger partial charge in [-0.2, -0.15) is 0 Å². The molecule has 0 heterocycles. The van der Waals surface area contributed by atoms with E-state index in [-0.39, 0.29) is 0 Å². The normalized spacial score (nSPS) is 25.9. The zero-order chi connectivity index (χ0) is 13.9. The summed E-state index contributed by atoms with van der Waals surface area (Å²) in [6.07, 6.45) is 1.41. The Bertz CT molecular complexity index is 452. The summed E-state index contributed by atoms with van der Waals surface area (Å²) in [5, 5.41) is 12.5. The van der Waals surface area contributed by atoms with Crippen LogP contribution in [0, 0.1) is 5.41 Å². The molecule has 1 aliphatic rings. The van der Waals surface area contributed by atoms with Gasteiger partial charge in [0.2, 0.25) is 0 Å². The predicted octanol–water partition coefficient (Wildman–Crippen LogP) is 2.18. The highest BCUT2D eigenvalue weighted by molar-refractivity contribution is 5.75. The summed E-state index contributed by atoms with van der Waals surface area (Å²) in [6, 6.07) is 8.46. The van der Waals surface area contributed by atoms with Gasteiger partial charge in [0.1, 0.15) is 0 Å². The molecule has 1 aromatic rings. The number of carboxylic acids is 1. The molecule has 0 spiro atoms. The number of carbonyl (C=O) groups is 1. The zero-order valence-corrected chi connectivity index (χ0v) is 11.5. The predicted molar refractivity (Wildman–Crippen MR) is 72.8 cm³/mol. The van der Waals surface area contributed by atoms with Gasteiger partial charge in [-0.05, 0) is 30.9 Å². The molecule has 0 atom stereocenters. The van der Waals surface area contributed by atoms with E-state index < -0.39 is 11.4 Å². The summed E-state index contributed by atoms with van der Waals surface area (Å²) in [4.78, 5) is 11.0. The van der Waals surface area contributed by atoms with E-state index in [4.69, 9.17) is 9.84 Å². The summed E-state index contributed by atoms with van der Waals surface area (Å²) in [5.74, 6) is -0.690. The lowest BCUT2D eigenvalue weighted by Gasteiger charge is -2.42. The van der Waals surface area contributed by atoms with Crippen molar-refractivity contribution in [2.24, 2.45) is 5.41 Å². The molecule has 4 heteroatoms. The van der Waals surface area contributed by atoms with Crippen LogP contribution in [0.25, 0.3) is 0 Å². The Balaban J connectivity index is 1.86. The van der Waals surface area contributed by atoms with Crippen LogP contribution in [-0.2, 0) is 22.7 Å². The van der Waals surface area contributed by atoms with E-state index in [1.807, 2.05) is 19.1 Å². The number of hydrogen-bond acceptors (Lipinski definition) is 3. The number of carboxylic acid groups (broad SMARTS) is 1. The molecule has 104 valence electrons. The van der Waals surface area contributed by atoms with Crippen LogP contribution in [-0.4, -0.2) is 24.2 Å². The molecule has 2 rings (SSSR count). The van der Waals surface area contributed by atoms with Crippen LogP contribution in [0.5, 0.6) is 0 Å². The fourth-order valence-corrected chi connectivity index (χ4v) is 2.63. The van der Waals surface area contributed by atoms with Crippen molar-refractivity contribution in [1.82, 2.24) is 5.32 Å². The highest BCUT2D eigenvalue weighted by Crippen LogP contribution is 2.40. The van der Waals surface area contributed by atoms with Gasteiger partial charge in [0.05, 0.1) is 12.0 Å². The van der Waals surface area contributed by atoms with Crippen molar-refractivity contribution in [1.29, 1.82) is 0 Å². The van der Waals surface area contributed by atoms with Gasteiger partial charge >= 0.3 is 5.97 Å². The molecule has 0 aromatic heterocycles. The second kappa shape index (κ2) is 5.72. The van der Waals surface area contributed by atoms with Gasteiger partial charge in [-0.15, -0.1) is 0 Å². The molecule has 1 fully saturated rings. The molecule has 1 aliphatic carbocycles. The van der Waals surface area contributed by atoms with Gasteiger partial charge in [-0.1, -0.05) is 24.3 Å². The number of benzene rings is 1. The number of hydrogen-bond donors (Lipinski definition) is 2. The number of rotatable bonds is 6. The Kier molecular flexibility index (Phi) is 4.22. The second-order valence-corrected chi connectivity index (χ2v) is 5.55. The third kappa shape index (κ3) is 3.14. The first kappa shape index (κ1) is 14.0. The fourth-order valence-electron chi connectivity index (χ4n) is 2.63. The van der Waals surface area contributed by atoms with Crippen molar-refractivity contribution in [2.75, 3.05) is 7.11 Å². The van der Waals surface area contributed by atoms with Gasteiger partial charge in [0, 0.05) is 19.7 Å². The lowest BCUT2D eigenvalue weighted by Crippen LogP contribution is -2.51. The third-order valence-electron chi connectivity index (χ3n) is 3.91. The molecule has 0 saturated heterocycles. The van der Waals surface area contributed by atoms with E-state index in [2.05, 4.69) is 17.4 Å². The van der Waals surface area contributed by atoms with E-state index >= 15 is 0 Å². The van der Waals surface area contributed by atoms with Crippen LogP contribution < -0.4 is 5.32 Å². The lowest BCUT2D eigenvalue weighted by molar-refractivity contribution is -0.154. The fraction of sp³-hybridized carbons (Fsp3) is 0.533. The average molecular weight is 263 g/mol. The molecule has 0 radical (unpaired) electrons. The van der Waals surface area contributed by atoms with Crippen LogP contribution in [0.1, 0.15) is 30.9 Å². The van der Waals surface area contributed by atoms with E-state index in [0.717, 1.165) is 6.54 Å². The van der Waals surface area contributed by atoms with Crippen molar-refractivity contribution < 1.29 is 14.6 Å². The number of ether oxygens (including phenoxy) is 1. The molecule has 0 bridgehead atoms. The van der Waals surface area contributed by atoms with Gasteiger partial charge < -0.3 is 15.2 Å². The van der Waals surface area contributed by atoms with Crippen LogP contribution in [0.4, 0.5) is 0 Å². The van der Waals surface area contributed by atoms with Gasteiger partial charge in [0.15, 0.2) is 0 Å². The summed E-state index contributed by atoms with van der Waals surface area (Å²) >= 11 is 0. The molecule has 4 nitrogen and oxygen atoms in total. The summed E-state index contributed by atoms with van der Waals surface area (Å²) < 4.78 is 5.17. The number of nitrogens with one attached hydrogen (secondary N) is 1. The highest BCUT2D eigenvalue weighted by atomic mass is 16.5. The molecule has 0 amide bonds. The molecule has 19 heavy (non-hydrogen) atoms. The Labute approximate surface area is 113 Å². The topological polar surface area (TPSA) is 58.6 Å². The lowest BCUT2D eigenvalue weighted by atomic mass is 9.67. The molecular weight excluding hydrogens is 242 g/mol. The van der Waals surface area contributed by atoms with Gasteiger partial charge in [0.25, 0.3) is 0 Å². The summed E-state index contributed by atoms with van der Waals surface area (Å²) in [7, 11) is 1.69. The Morgan fingerprint density at radius 2 is 2.05 bits per heavy atom. The first-order valence-electron chi connectivity index (χ1n) is 6.57. The van der Waals surface area contributed by atoms with Crippen molar-refractivity contribution in [3.05, 3.63) is 35.4 Å². The number of methoxy groups -OCH3 is 1. The van der Waals surface area contributed by atoms with Crippen LogP contribution >= 0.6 is 0 Å². The molecule has 2 N–H and O–H groups in total. The first-order valence-corrected chi connectivity index (χ1v) is 6.57. The maximum atomic E-state index is 11.0. The molecule has 0 unspecified atom stereocenters. The standard InChI is InChI=1S/C15H21NO3/c1-15(14(17)18)7-13(8-15)16-9-11-5-3-4-6-12(11)10-19-2/h3-6,13,16H,7-10H2,1-2H3,(H,17,18). The zero-order valence-electron chi connectivity index (χ0n) is 11.5. The minimum absolute atomic E-state index is 0.303. The highest BCUT2D eigenvalue weighted by Gasteiger charge is 2.46. The van der Waals surface area contributed by atoms with Crippen LogP contribution in [0.3, 0.4) is 0 Å². The molecule has 0 aliphatic heterocycles. The van der Waals surface area contributed by atoms with Crippen molar-refractivity contribution in [3.63, 3.8) is 0 Å². The Morgan fingerprint density at radius 1 is 1.42 bits per heavy atom. The minimum atomic E-state index is -0.690. The minimum Gasteiger partial charge on any atom is -0.481 e. The SMILES string of the molecule is COCc1ccccc1CNC1CC(C)(C(=O)O)C1. The van der Waals surface area contributed by atoms with E-state index in [0.29, 0.717) is 25.5 Å². The number of aliphatic carboxylic acids is 1. The maximum absolute atomic E-state index is 11.0. The van der Waals surface area contributed by atoms with E-state index in [1.54, 1.807) is 7.11 Å². The largest absolute Gasteiger partial charge is 0.481 e. The smallest absolute Gasteiger partial charge is 0.309 e. The molecule has 1 aromatic carbocycles. The van der Waals surface area contributed by atoms with E-state index in [9.17, 15) is 4.79 Å². The monoisotopic (exact) mass is 263 g/mol. The van der Waals surface area contributed by atoms with Crippen molar-refractivity contribution in [3.8, 4) is 0 Å². The molecular formula is C15H21NO3. The summed E-state index contributed by atoms with van der Waals surface area (Å²) in [5.41, 5.74) is 1.86. The Morgan fingerprint density at radius 3 is 2.63 bits per heavy atom. The van der Waals surface area contributed by atoms with Crippen LogP contribution in [0.2, 0.25) is 0 Å². The Hall–Kier alpha value is -1.39. The van der Waals surface area contributed by atoms with Crippen molar-refractivity contribution >= 4 is 5.97 Å². The van der Waals surface area contributed by atoms with Crippen LogP contribution in [0.15, 0.2) is 24.3 Å². The maximum Gasteiger partial charge on any atom is 0.309 e. The van der Waals surface area contributed by atoms with E-state index in [1.165, 1.54) is 11.1 Å². The second-order valence-electron chi connectivity index (χ2n) is 5.55. The summed E-state index contributed by atoms with van der Waals surface area (Å²) in [6.45, 7) is 3.18.